The topological polar surface area (TPSA) is 49.3 Å². The van der Waals surface area contributed by atoms with Gasteiger partial charge >= 0.3 is 0 Å². The lowest BCUT2D eigenvalue weighted by Crippen LogP contribution is -2.40. The summed E-state index contributed by atoms with van der Waals surface area (Å²) in [5, 5.41) is 12.1. The van der Waals surface area contributed by atoms with Gasteiger partial charge in [0.1, 0.15) is 0 Å². The second kappa shape index (κ2) is 8.90. The molecule has 1 rings (SSSR count). The van der Waals surface area contributed by atoms with Crippen LogP contribution in [0.3, 0.4) is 0 Å². The minimum absolute atomic E-state index is 0.0210. The van der Waals surface area contributed by atoms with E-state index in [0.717, 1.165) is 5.56 Å². The molecular formula is C17H25NO2S. The van der Waals surface area contributed by atoms with Crippen molar-refractivity contribution in [1.29, 1.82) is 0 Å². The molecule has 21 heavy (non-hydrogen) atoms. The van der Waals surface area contributed by atoms with E-state index in [-0.39, 0.29) is 23.8 Å². The molecule has 4 heteroatoms. The van der Waals surface area contributed by atoms with Gasteiger partial charge in [-0.25, -0.2) is 0 Å². The van der Waals surface area contributed by atoms with Crippen molar-refractivity contribution >= 4 is 23.7 Å². The SMILES string of the molecule is CSC(CO)C(C)NC(=O)/C=C/c1ccc(C(C)C)cc1. The third-order valence-electron chi connectivity index (χ3n) is 3.44. The average molecular weight is 307 g/mol. The van der Waals surface area contributed by atoms with Gasteiger partial charge in [-0.3, -0.25) is 4.79 Å². The maximum atomic E-state index is 11.8. The smallest absolute Gasteiger partial charge is 0.244 e. The van der Waals surface area contributed by atoms with Gasteiger partial charge in [-0.2, -0.15) is 11.8 Å². The summed E-state index contributed by atoms with van der Waals surface area (Å²) < 4.78 is 0. The lowest BCUT2D eigenvalue weighted by molar-refractivity contribution is -0.117. The molecule has 0 aliphatic heterocycles. The Morgan fingerprint density at radius 3 is 2.38 bits per heavy atom. The van der Waals surface area contributed by atoms with Crippen LogP contribution in [0.1, 0.15) is 37.8 Å². The molecule has 1 aromatic carbocycles. The van der Waals surface area contributed by atoms with Crippen LogP contribution in [0.4, 0.5) is 0 Å². The van der Waals surface area contributed by atoms with Crippen molar-refractivity contribution in [3.8, 4) is 0 Å². The van der Waals surface area contributed by atoms with Crippen molar-refractivity contribution in [2.45, 2.75) is 38.0 Å². The van der Waals surface area contributed by atoms with Crippen LogP contribution in [0.2, 0.25) is 0 Å². The number of aliphatic hydroxyl groups is 1. The molecule has 2 atom stereocenters. The summed E-state index contributed by atoms with van der Waals surface area (Å²) in [6, 6.07) is 8.13. The molecule has 0 heterocycles. The Kier molecular flexibility index (Phi) is 7.54. The Labute approximate surface area is 131 Å². The zero-order valence-corrected chi connectivity index (χ0v) is 14.0. The van der Waals surface area contributed by atoms with Gasteiger partial charge in [0, 0.05) is 17.4 Å². The van der Waals surface area contributed by atoms with E-state index < -0.39 is 0 Å². The highest BCUT2D eigenvalue weighted by Gasteiger charge is 2.15. The molecule has 0 radical (unpaired) electrons. The number of rotatable bonds is 7. The molecule has 1 amide bonds. The number of nitrogens with one attached hydrogen (secondary N) is 1. The highest BCUT2D eigenvalue weighted by atomic mass is 32.2. The third-order valence-corrected chi connectivity index (χ3v) is 4.60. The number of aliphatic hydroxyl groups excluding tert-OH is 1. The number of hydrogen-bond acceptors (Lipinski definition) is 3. The first-order valence-electron chi connectivity index (χ1n) is 7.20. The summed E-state index contributed by atoms with van der Waals surface area (Å²) in [5.41, 5.74) is 2.29. The van der Waals surface area contributed by atoms with Gasteiger partial charge in [-0.1, -0.05) is 38.1 Å². The van der Waals surface area contributed by atoms with E-state index >= 15 is 0 Å². The standard InChI is InChI=1S/C17H25NO2S/c1-12(2)15-8-5-14(6-9-15)7-10-17(20)18-13(3)16(11-19)21-4/h5-10,12-13,16,19H,11H2,1-4H3,(H,18,20)/b10-7+. The van der Waals surface area contributed by atoms with Gasteiger partial charge < -0.3 is 10.4 Å². The molecular weight excluding hydrogens is 282 g/mol. The molecule has 0 aliphatic rings. The van der Waals surface area contributed by atoms with E-state index in [1.165, 1.54) is 11.6 Å². The van der Waals surface area contributed by atoms with Crippen LogP contribution in [0.5, 0.6) is 0 Å². The van der Waals surface area contributed by atoms with Crippen molar-refractivity contribution in [2.24, 2.45) is 0 Å². The second-order valence-electron chi connectivity index (χ2n) is 5.41. The van der Waals surface area contributed by atoms with Gasteiger partial charge in [-0.05, 0) is 36.3 Å². The second-order valence-corrected chi connectivity index (χ2v) is 6.49. The quantitative estimate of drug-likeness (QED) is 0.761. The first-order valence-corrected chi connectivity index (χ1v) is 8.49. The van der Waals surface area contributed by atoms with E-state index in [9.17, 15) is 9.90 Å². The van der Waals surface area contributed by atoms with Crippen LogP contribution in [-0.2, 0) is 4.79 Å². The van der Waals surface area contributed by atoms with Crippen molar-refractivity contribution in [1.82, 2.24) is 5.32 Å². The van der Waals surface area contributed by atoms with Crippen LogP contribution in [0, 0.1) is 0 Å². The Hall–Kier alpha value is -1.26. The van der Waals surface area contributed by atoms with Crippen molar-refractivity contribution in [3.05, 3.63) is 41.5 Å². The number of carbonyl (C=O) groups is 1. The summed E-state index contributed by atoms with van der Waals surface area (Å²) in [6.45, 7) is 6.27. The fourth-order valence-corrected chi connectivity index (χ4v) is 2.59. The molecule has 0 aliphatic carbocycles. The van der Waals surface area contributed by atoms with Crippen molar-refractivity contribution in [2.75, 3.05) is 12.9 Å². The molecule has 0 bridgehead atoms. The van der Waals surface area contributed by atoms with E-state index in [2.05, 4.69) is 31.3 Å². The lowest BCUT2D eigenvalue weighted by Gasteiger charge is -2.20. The molecule has 0 aromatic heterocycles. The minimum atomic E-state index is -0.136. The molecule has 0 spiro atoms. The summed E-state index contributed by atoms with van der Waals surface area (Å²) >= 11 is 1.55. The predicted molar refractivity (Wildman–Crippen MR) is 91.6 cm³/mol. The molecule has 116 valence electrons. The number of benzene rings is 1. The zero-order valence-electron chi connectivity index (χ0n) is 13.2. The maximum Gasteiger partial charge on any atom is 0.244 e. The lowest BCUT2D eigenvalue weighted by atomic mass is 10.0. The van der Waals surface area contributed by atoms with Gasteiger partial charge in [0.25, 0.3) is 0 Å². The summed E-state index contributed by atoms with van der Waals surface area (Å²) in [5.74, 6) is 0.372. The predicted octanol–water partition coefficient (Wildman–Crippen LogP) is 3.05. The van der Waals surface area contributed by atoms with Gasteiger partial charge in [0.2, 0.25) is 5.91 Å². The largest absolute Gasteiger partial charge is 0.395 e. The van der Waals surface area contributed by atoms with E-state index in [4.69, 9.17) is 0 Å². The van der Waals surface area contributed by atoms with E-state index in [1.54, 1.807) is 17.8 Å². The zero-order chi connectivity index (χ0) is 15.8. The third kappa shape index (κ3) is 5.94. The Morgan fingerprint density at radius 2 is 1.90 bits per heavy atom. The average Bonchev–Trinajstić information content (AvgIpc) is 2.46. The molecule has 1 aromatic rings. The number of carbonyl (C=O) groups excluding carboxylic acids is 1. The molecule has 2 N–H and O–H groups in total. The van der Waals surface area contributed by atoms with Crippen molar-refractivity contribution in [3.63, 3.8) is 0 Å². The summed E-state index contributed by atoms with van der Waals surface area (Å²) in [4.78, 5) is 11.8. The first-order chi connectivity index (χ1) is 9.97. The Bertz CT molecular complexity index is 464. The minimum Gasteiger partial charge on any atom is -0.395 e. The monoisotopic (exact) mass is 307 g/mol. The normalized spacial score (nSPS) is 14.4. The Morgan fingerprint density at radius 1 is 1.29 bits per heavy atom. The summed E-state index contributed by atoms with van der Waals surface area (Å²) in [7, 11) is 0. The summed E-state index contributed by atoms with van der Waals surface area (Å²) in [6.07, 6.45) is 5.27. The highest BCUT2D eigenvalue weighted by Crippen LogP contribution is 2.15. The molecule has 3 nitrogen and oxygen atoms in total. The number of hydrogen-bond donors (Lipinski definition) is 2. The molecule has 0 saturated heterocycles. The van der Waals surface area contributed by atoms with Crippen LogP contribution in [-0.4, -0.2) is 35.2 Å². The number of thioether (sulfide) groups is 1. The highest BCUT2D eigenvalue weighted by molar-refractivity contribution is 7.99. The van der Waals surface area contributed by atoms with Crippen LogP contribution < -0.4 is 5.32 Å². The first kappa shape index (κ1) is 17.8. The van der Waals surface area contributed by atoms with Gasteiger partial charge in [0.15, 0.2) is 0 Å². The Balaban J connectivity index is 2.57. The van der Waals surface area contributed by atoms with Gasteiger partial charge in [-0.15, -0.1) is 0 Å². The molecule has 0 saturated carbocycles. The van der Waals surface area contributed by atoms with E-state index in [1.807, 2.05) is 25.3 Å². The van der Waals surface area contributed by atoms with Crippen LogP contribution in [0.15, 0.2) is 30.3 Å². The molecule has 2 unspecified atom stereocenters. The molecule has 0 fully saturated rings. The van der Waals surface area contributed by atoms with E-state index in [0.29, 0.717) is 5.92 Å². The fourth-order valence-electron chi connectivity index (χ4n) is 1.97. The fraction of sp³-hybridized carbons (Fsp3) is 0.471. The van der Waals surface area contributed by atoms with Crippen LogP contribution in [0.25, 0.3) is 6.08 Å². The van der Waals surface area contributed by atoms with Crippen LogP contribution >= 0.6 is 11.8 Å². The maximum absolute atomic E-state index is 11.8. The van der Waals surface area contributed by atoms with Gasteiger partial charge in [0.05, 0.1) is 6.61 Å². The van der Waals surface area contributed by atoms with Crippen molar-refractivity contribution < 1.29 is 9.90 Å². The number of amides is 1.